The van der Waals surface area contributed by atoms with Crippen LogP contribution in [-0.2, 0) is 11.3 Å². The SMILES string of the molecule is Cc1cc(C)n(C(=O)CNC(=O)Cn2c(=O)[nH]c3ccccc3c2=O)n1. The Morgan fingerprint density at radius 2 is 1.92 bits per heavy atom. The zero-order chi connectivity index (χ0) is 18.8. The average Bonchev–Trinajstić information content (AvgIpc) is 2.95. The molecule has 2 N–H and O–H groups in total. The summed E-state index contributed by atoms with van der Waals surface area (Å²) in [4.78, 5) is 51.1. The van der Waals surface area contributed by atoms with E-state index in [9.17, 15) is 19.2 Å². The Morgan fingerprint density at radius 1 is 1.19 bits per heavy atom. The number of hydrogen-bond donors (Lipinski definition) is 2. The molecule has 0 atom stereocenters. The number of amides is 1. The number of carbonyl (C=O) groups excluding carboxylic acids is 2. The Labute approximate surface area is 147 Å². The summed E-state index contributed by atoms with van der Waals surface area (Å²) in [5.74, 6) is -1.04. The van der Waals surface area contributed by atoms with Gasteiger partial charge in [-0.2, -0.15) is 5.10 Å². The number of benzene rings is 1. The second-order valence-electron chi connectivity index (χ2n) is 5.88. The first-order chi connectivity index (χ1) is 12.4. The molecule has 0 unspecified atom stereocenters. The van der Waals surface area contributed by atoms with Crippen LogP contribution in [0.3, 0.4) is 0 Å². The fraction of sp³-hybridized carbons (Fsp3) is 0.235. The summed E-state index contributed by atoms with van der Waals surface area (Å²) in [5.41, 5.74) is 0.498. The van der Waals surface area contributed by atoms with E-state index < -0.39 is 29.6 Å². The molecule has 1 aromatic carbocycles. The van der Waals surface area contributed by atoms with Crippen LogP contribution < -0.4 is 16.6 Å². The van der Waals surface area contributed by atoms with Crippen LogP contribution >= 0.6 is 0 Å². The van der Waals surface area contributed by atoms with Crippen molar-refractivity contribution in [3.8, 4) is 0 Å². The third-order valence-corrected chi connectivity index (χ3v) is 3.87. The van der Waals surface area contributed by atoms with E-state index in [4.69, 9.17) is 0 Å². The van der Waals surface area contributed by atoms with Gasteiger partial charge in [0, 0.05) is 5.69 Å². The zero-order valence-corrected chi connectivity index (χ0v) is 14.3. The predicted molar refractivity (Wildman–Crippen MR) is 94.2 cm³/mol. The van der Waals surface area contributed by atoms with Crippen molar-refractivity contribution in [2.24, 2.45) is 0 Å². The third-order valence-electron chi connectivity index (χ3n) is 3.87. The lowest BCUT2D eigenvalue weighted by Gasteiger charge is -2.08. The largest absolute Gasteiger partial charge is 0.345 e. The van der Waals surface area contributed by atoms with Gasteiger partial charge in [-0.3, -0.25) is 19.0 Å². The van der Waals surface area contributed by atoms with Gasteiger partial charge in [-0.15, -0.1) is 0 Å². The highest BCUT2D eigenvalue weighted by Crippen LogP contribution is 2.03. The Hall–Kier alpha value is -3.49. The first-order valence-corrected chi connectivity index (χ1v) is 7.92. The number of hydrogen-bond acceptors (Lipinski definition) is 5. The molecule has 2 heterocycles. The minimum Gasteiger partial charge on any atom is -0.345 e. The van der Waals surface area contributed by atoms with Crippen LogP contribution in [0.1, 0.15) is 16.2 Å². The summed E-state index contributed by atoms with van der Waals surface area (Å²) in [5, 5.41) is 6.75. The lowest BCUT2D eigenvalue weighted by molar-refractivity contribution is -0.121. The molecule has 0 aliphatic rings. The van der Waals surface area contributed by atoms with E-state index in [0.717, 1.165) is 4.57 Å². The Bertz CT molecular complexity index is 1120. The molecule has 26 heavy (non-hydrogen) atoms. The maximum Gasteiger partial charge on any atom is 0.329 e. The van der Waals surface area contributed by atoms with Crippen molar-refractivity contribution in [1.82, 2.24) is 24.6 Å². The number of aromatic amines is 1. The molecule has 0 saturated heterocycles. The summed E-state index contributed by atoms with van der Waals surface area (Å²) in [6, 6.07) is 8.27. The molecule has 0 bridgehead atoms. The first kappa shape index (κ1) is 17.3. The summed E-state index contributed by atoms with van der Waals surface area (Å²) < 4.78 is 2.00. The van der Waals surface area contributed by atoms with Crippen molar-refractivity contribution in [2.75, 3.05) is 6.54 Å². The molecule has 0 radical (unpaired) electrons. The Balaban J connectivity index is 1.74. The number of para-hydroxylation sites is 1. The lowest BCUT2D eigenvalue weighted by atomic mass is 10.2. The van der Waals surface area contributed by atoms with Crippen LogP contribution in [0.4, 0.5) is 0 Å². The van der Waals surface area contributed by atoms with Crippen molar-refractivity contribution in [2.45, 2.75) is 20.4 Å². The predicted octanol–water partition coefficient (Wildman–Crippen LogP) is -0.0403. The van der Waals surface area contributed by atoms with E-state index in [1.54, 1.807) is 44.2 Å². The van der Waals surface area contributed by atoms with Crippen LogP contribution in [0, 0.1) is 13.8 Å². The minimum atomic E-state index is -0.686. The van der Waals surface area contributed by atoms with Crippen molar-refractivity contribution in [1.29, 1.82) is 0 Å². The van der Waals surface area contributed by atoms with Gasteiger partial charge in [-0.25, -0.2) is 9.48 Å². The molecular weight excluding hydrogens is 338 g/mol. The van der Waals surface area contributed by atoms with E-state index in [1.807, 2.05) is 0 Å². The van der Waals surface area contributed by atoms with Crippen LogP contribution in [-0.4, -0.2) is 37.7 Å². The first-order valence-electron chi connectivity index (χ1n) is 7.92. The average molecular weight is 355 g/mol. The standard InChI is InChI=1S/C17H17N5O4/c1-10-7-11(2)22(20-10)15(24)8-18-14(23)9-21-16(25)12-5-3-4-6-13(12)19-17(21)26/h3-7H,8-9H2,1-2H3,(H,18,23)(H,19,26). The van der Waals surface area contributed by atoms with Gasteiger partial charge < -0.3 is 10.3 Å². The lowest BCUT2D eigenvalue weighted by Crippen LogP contribution is -2.42. The van der Waals surface area contributed by atoms with Gasteiger partial charge >= 0.3 is 5.69 Å². The highest BCUT2D eigenvalue weighted by molar-refractivity contribution is 5.86. The molecule has 3 aromatic rings. The monoisotopic (exact) mass is 355 g/mol. The highest BCUT2D eigenvalue weighted by atomic mass is 16.2. The van der Waals surface area contributed by atoms with Crippen LogP contribution in [0.5, 0.6) is 0 Å². The molecule has 0 aliphatic carbocycles. The van der Waals surface area contributed by atoms with Crippen molar-refractivity contribution < 1.29 is 9.59 Å². The second kappa shape index (κ2) is 6.79. The minimum absolute atomic E-state index is 0.291. The number of aryl methyl sites for hydroxylation is 2. The Kier molecular flexibility index (Phi) is 4.53. The number of H-pyrrole nitrogens is 1. The zero-order valence-electron chi connectivity index (χ0n) is 14.3. The molecule has 9 heteroatoms. The third kappa shape index (κ3) is 3.32. The van der Waals surface area contributed by atoms with Crippen molar-refractivity contribution in [3.05, 3.63) is 62.6 Å². The fourth-order valence-electron chi connectivity index (χ4n) is 2.67. The number of nitrogens with zero attached hydrogens (tertiary/aromatic N) is 3. The van der Waals surface area contributed by atoms with Gasteiger partial charge in [-0.05, 0) is 32.0 Å². The van der Waals surface area contributed by atoms with Crippen LogP contribution in [0.2, 0.25) is 0 Å². The van der Waals surface area contributed by atoms with Gasteiger partial charge in [0.15, 0.2) is 0 Å². The molecule has 9 nitrogen and oxygen atoms in total. The summed E-state index contributed by atoms with van der Waals surface area (Å²) >= 11 is 0. The van der Waals surface area contributed by atoms with Crippen LogP contribution in [0.15, 0.2) is 39.9 Å². The molecular formula is C17H17N5O4. The van der Waals surface area contributed by atoms with Crippen molar-refractivity contribution >= 4 is 22.7 Å². The van der Waals surface area contributed by atoms with Gasteiger partial charge in [0.25, 0.3) is 11.5 Å². The van der Waals surface area contributed by atoms with E-state index in [-0.39, 0.29) is 6.54 Å². The molecule has 0 saturated carbocycles. The van der Waals surface area contributed by atoms with Gasteiger partial charge in [0.1, 0.15) is 6.54 Å². The van der Waals surface area contributed by atoms with E-state index in [2.05, 4.69) is 15.4 Å². The maximum absolute atomic E-state index is 12.4. The molecule has 0 fully saturated rings. The number of carbonyl (C=O) groups is 2. The smallest absolute Gasteiger partial charge is 0.329 e. The normalized spacial score (nSPS) is 10.8. The Morgan fingerprint density at radius 3 is 2.62 bits per heavy atom. The van der Waals surface area contributed by atoms with E-state index in [1.165, 1.54) is 4.68 Å². The second-order valence-corrected chi connectivity index (χ2v) is 5.88. The summed E-state index contributed by atoms with van der Waals surface area (Å²) in [6.45, 7) is 2.71. The number of fused-ring (bicyclic) bond motifs is 1. The van der Waals surface area contributed by atoms with Crippen LogP contribution in [0.25, 0.3) is 10.9 Å². The molecule has 3 rings (SSSR count). The number of rotatable bonds is 4. The van der Waals surface area contributed by atoms with E-state index >= 15 is 0 Å². The fourth-order valence-corrected chi connectivity index (χ4v) is 2.67. The van der Waals surface area contributed by atoms with Gasteiger partial charge in [0.05, 0.1) is 23.1 Å². The number of aromatic nitrogens is 4. The summed E-state index contributed by atoms with van der Waals surface area (Å²) in [6.07, 6.45) is 0. The molecule has 0 spiro atoms. The van der Waals surface area contributed by atoms with Gasteiger partial charge in [-0.1, -0.05) is 12.1 Å². The van der Waals surface area contributed by atoms with E-state index in [0.29, 0.717) is 22.3 Å². The quantitative estimate of drug-likeness (QED) is 0.681. The topological polar surface area (TPSA) is 119 Å². The molecule has 2 aromatic heterocycles. The highest BCUT2D eigenvalue weighted by Gasteiger charge is 2.14. The van der Waals surface area contributed by atoms with Crippen molar-refractivity contribution in [3.63, 3.8) is 0 Å². The summed E-state index contributed by atoms with van der Waals surface area (Å²) in [7, 11) is 0. The molecule has 134 valence electrons. The van der Waals surface area contributed by atoms with Gasteiger partial charge in [0.2, 0.25) is 5.91 Å². The number of nitrogens with one attached hydrogen (secondary N) is 2. The molecule has 0 aliphatic heterocycles. The molecule has 1 amide bonds. The maximum atomic E-state index is 12.4.